The summed E-state index contributed by atoms with van der Waals surface area (Å²) >= 11 is 1.46. The van der Waals surface area contributed by atoms with Gasteiger partial charge >= 0.3 is 0 Å². The minimum atomic E-state index is -0.0845. The molecule has 1 N–H and O–H groups in total. The van der Waals surface area contributed by atoms with E-state index in [4.69, 9.17) is 18.9 Å². The molecular formula is C17H22N2O5S. The van der Waals surface area contributed by atoms with Crippen LogP contribution in [0.25, 0.3) is 10.6 Å². The molecule has 0 atom stereocenters. The van der Waals surface area contributed by atoms with E-state index in [1.165, 1.54) is 11.3 Å². The van der Waals surface area contributed by atoms with Crippen molar-refractivity contribution in [2.24, 2.45) is 0 Å². The molecule has 0 spiro atoms. The van der Waals surface area contributed by atoms with Gasteiger partial charge in [-0.3, -0.25) is 4.79 Å². The smallest absolute Gasteiger partial charge is 0.226 e. The van der Waals surface area contributed by atoms with Crippen molar-refractivity contribution in [2.75, 3.05) is 41.6 Å². The molecule has 0 saturated heterocycles. The van der Waals surface area contributed by atoms with Gasteiger partial charge in [0.15, 0.2) is 11.5 Å². The van der Waals surface area contributed by atoms with Gasteiger partial charge in [-0.2, -0.15) is 0 Å². The highest BCUT2D eigenvalue weighted by atomic mass is 32.1. The number of benzene rings is 1. The van der Waals surface area contributed by atoms with E-state index in [0.717, 1.165) is 10.6 Å². The predicted octanol–water partition coefficient (Wildman–Crippen LogP) is 2.14. The van der Waals surface area contributed by atoms with E-state index in [1.807, 2.05) is 17.5 Å². The first-order valence-corrected chi connectivity index (χ1v) is 8.51. The molecule has 0 saturated carbocycles. The number of hydrogen-bond donors (Lipinski definition) is 1. The molecule has 0 unspecified atom stereocenters. The minimum absolute atomic E-state index is 0.0845. The molecule has 1 aromatic carbocycles. The maximum absolute atomic E-state index is 11.9. The molecule has 8 heteroatoms. The van der Waals surface area contributed by atoms with Crippen molar-refractivity contribution >= 4 is 17.2 Å². The summed E-state index contributed by atoms with van der Waals surface area (Å²) in [7, 11) is 6.29. The SMILES string of the molecule is COCCNC(=O)Cc1csc(-c2cc(OC)c(OC)c(OC)c2)n1. The minimum Gasteiger partial charge on any atom is -0.493 e. The van der Waals surface area contributed by atoms with Crippen LogP contribution in [-0.2, 0) is 16.0 Å². The van der Waals surface area contributed by atoms with E-state index in [-0.39, 0.29) is 12.3 Å². The van der Waals surface area contributed by atoms with E-state index in [9.17, 15) is 4.79 Å². The van der Waals surface area contributed by atoms with Gasteiger partial charge in [-0.15, -0.1) is 11.3 Å². The van der Waals surface area contributed by atoms with Gasteiger partial charge < -0.3 is 24.3 Å². The number of nitrogens with one attached hydrogen (secondary N) is 1. The lowest BCUT2D eigenvalue weighted by atomic mass is 10.2. The highest BCUT2D eigenvalue weighted by Gasteiger charge is 2.16. The standard InChI is InChI=1S/C17H22N2O5S/c1-21-6-5-18-15(20)9-12-10-25-17(19-12)11-7-13(22-2)16(24-4)14(8-11)23-3/h7-8,10H,5-6,9H2,1-4H3,(H,18,20). The lowest BCUT2D eigenvalue weighted by molar-refractivity contribution is -0.120. The van der Waals surface area contributed by atoms with Crippen LogP contribution in [0.1, 0.15) is 5.69 Å². The van der Waals surface area contributed by atoms with Crippen LogP contribution in [-0.4, -0.2) is 52.5 Å². The number of carbonyl (C=O) groups excluding carboxylic acids is 1. The number of nitrogens with zero attached hydrogens (tertiary/aromatic N) is 1. The number of amides is 1. The zero-order chi connectivity index (χ0) is 18.2. The second kappa shape index (κ2) is 9.24. The Morgan fingerprint density at radius 3 is 2.36 bits per heavy atom. The van der Waals surface area contributed by atoms with Crippen LogP contribution in [0.3, 0.4) is 0 Å². The zero-order valence-corrected chi connectivity index (χ0v) is 15.6. The third-order valence-electron chi connectivity index (χ3n) is 3.43. The third kappa shape index (κ3) is 4.83. The van der Waals surface area contributed by atoms with Crippen molar-refractivity contribution in [2.45, 2.75) is 6.42 Å². The lowest BCUT2D eigenvalue weighted by Gasteiger charge is -2.13. The summed E-state index contributed by atoms with van der Waals surface area (Å²) in [4.78, 5) is 16.4. The Labute approximate surface area is 150 Å². The quantitative estimate of drug-likeness (QED) is 0.685. The van der Waals surface area contributed by atoms with Gasteiger partial charge in [0, 0.05) is 24.6 Å². The van der Waals surface area contributed by atoms with E-state index < -0.39 is 0 Å². The predicted molar refractivity (Wildman–Crippen MR) is 95.8 cm³/mol. The largest absolute Gasteiger partial charge is 0.493 e. The Morgan fingerprint density at radius 1 is 1.12 bits per heavy atom. The molecule has 0 bridgehead atoms. The van der Waals surface area contributed by atoms with E-state index >= 15 is 0 Å². The van der Waals surface area contributed by atoms with Gasteiger partial charge in [-0.25, -0.2) is 4.98 Å². The average molecular weight is 366 g/mol. The Bertz CT molecular complexity index is 692. The normalized spacial score (nSPS) is 10.4. The molecular weight excluding hydrogens is 344 g/mol. The molecule has 2 aromatic rings. The van der Waals surface area contributed by atoms with Crippen LogP contribution < -0.4 is 19.5 Å². The Kier molecular flexibility index (Phi) is 7.03. The average Bonchev–Trinajstić information content (AvgIpc) is 3.08. The topological polar surface area (TPSA) is 78.9 Å². The monoisotopic (exact) mass is 366 g/mol. The van der Waals surface area contributed by atoms with Crippen molar-refractivity contribution < 1.29 is 23.7 Å². The molecule has 0 radical (unpaired) electrons. The number of methoxy groups -OCH3 is 4. The van der Waals surface area contributed by atoms with Gasteiger partial charge in [0.1, 0.15) is 5.01 Å². The summed E-state index contributed by atoms with van der Waals surface area (Å²) in [5.41, 5.74) is 1.55. The van der Waals surface area contributed by atoms with Crippen LogP contribution in [0.5, 0.6) is 17.2 Å². The molecule has 0 aliphatic heterocycles. The molecule has 25 heavy (non-hydrogen) atoms. The number of aromatic nitrogens is 1. The summed E-state index contributed by atoms with van der Waals surface area (Å²) in [5.74, 6) is 1.57. The van der Waals surface area contributed by atoms with Crippen molar-refractivity contribution in [1.29, 1.82) is 0 Å². The summed E-state index contributed by atoms with van der Waals surface area (Å²) in [6, 6.07) is 3.67. The summed E-state index contributed by atoms with van der Waals surface area (Å²) in [5, 5.41) is 5.42. The van der Waals surface area contributed by atoms with E-state index in [2.05, 4.69) is 10.3 Å². The van der Waals surface area contributed by atoms with Crippen LogP contribution in [0.15, 0.2) is 17.5 Å². The van der Waals surface area contributed by atoms with Gasteiger partial charge in [0.2, 0.25) is 11.7 Å². The van der Waals surface area contributed by atoms with Crippen LogP contribution >= 0.6 is 11.3 Å². The second-order valence-corrected chi connectivity index (χ2v) is 5.94. The van der Waals surface area contributed by atoms with Gasteiger partial charge in [0.05, 0.1) is 40.1 Å². The van der Waals surface area contributed by atoms with E-state index in [1.54, 1.807) is 28.4 Å². The molecule has 1 aromatic heterocycles. The fraction of sp³-hybridized carbons (Fsp3) is 0.412. The first-order chi connectivity index (χ1) is 12.1. The summed E-state index contributed by atoms with van der Waals surface area (Å²) in [6.07, 6.45) is 0.227. The first-order valence-electron chi connectivity index (χ1n) is 7.63. The second-order valence-electron chi connectivity index (χ2n) is 5.08. The first kappa shape index (κ1) is 19.0. The Hall–Kier alpha value is -2.32. The highest BCUT2D eigenvalue weighted by Crippen LogP contribution is 2.41. The molecule has 0 fully saturated rings. The molecule has 2 rings (SSSR count). The fourth-order valence-corrected chi connectivity index (χ4v) is 3.05. The molecule has 1 amide bonds. The van der Waals surface area contributed by atoms with Crippen molar-refractivity contribution in [3.63, 3.8) is 0 Å². The molecule has 7 nitrogen and oxygen atoms in total. The highest BCUT2D eigenvalue weighted by molar-refractivity contribution is 7.13. The van der Waals surface area contributed by atoms with Crippen LogP contribution in [0.2, 0.25) is 0 Å². The molecule has 0 aliphatic carbocycles. The maximum atomic E-state index is 11.9. The molecule has 0 aliphatic rings. The van der Waals surface area contributed by atoms with Crippen LogP contribution in [0.4, 0.5) is 0 Å². The van der Waals surface area contributed by atoms with Crippen molar-refractivity contribution in [3.05, 3.63) is 23.2 Å². The van der Waals surface area contributed by atoms with Gasteiger partial charge in [-0.05, 0) is 12.1 Å². The number of rotatable bonds is 9. The Morgan fingerprint density at radius 2 is 1.80 bits per heavy atom. The summed E-state index contributed by atoms with van der Waals surface area (Å²) in [6.45, 7) is 0.971. The number of carbonyl (C=O) groups is 1. The zero-order valence-electron chi connectivity index (χ0n) is 14.8. The number of thiazole rings is 1. The molecule has 136 valence electrons. The van der Waals surface area contributed by atoms with Gasteiger partial charge in [-0.1, -0.05) is 0 Å². The van der Waals surface area contributed by atoms with Crippen molar-refractivity contribution in [1.82, 2.24) is 10.3 Å². The van der Waals surface area contributed by atoms with E-state index in [0.29, 0.717) is 36.1 Å². The van der Waals surface area contributed by atoms with Crippen molar-refractivity contribution in [3.8, 4) is 27.8 Å². The van der Waals surface area contributed by atoms with Crippen LogP contribution in [0, 0.1) is 0 Å². The third-order valence-corrected chi connectivity index (χ3v) is 4.37. The maximum Gasteiger partial charge on any atom is 0.226 e. The number of hydrogen-bond acceptors (Lipinski definition) is 7. The lowest BCUT2D eigenvalue weighted by Crippen LogP contribution is -2.28. The van der Waals surface area contributed by atoms with Gasteiger partial charge in [0.25, 0.3) is 0 Å². The number of ether oxygens (including phenoxy) is 4. The Balaban J connectivity index is 2.17. The molecule has 1 heterocycles. The summed E-state index contributed by atoms with van der Waals surface area (Å²) < 4.78 is 21.0. The fourth-order valence-electron chi connectivity index (χ4n) is 2.24.